The van der Waals surface area contributed by atoms with Crippen LogP contribution in [0.15, 0.2) is 12.1 Å². The summed E-state index contributed by atoms with van der Waals surface area (Å²) in [4.78, 5) is 26.6. The Labute approximate surface area is 216 Å². The minimum absolute atomic E-state index is 0.00914. The van der Waals surface area contributed by atoms with Crippen LogP contribution in [0.4, 0.5) is 8.78 Å². The number of nitrogens with one attached hydrogen (secondary N) is 2. The van der Waals surface area contributed by atoms with E-state index in [4.69, 9.17) is 9.47 Å². The van der Waals surface area contributed by atoms with Gasteiger partial charge in [0.25, 0.3) is 11.8 Å². The third kappa shape index (κ3) is 5.25. The van der Waals surface area contributed by atoms with Gasteiger partial charge in [0, 0.05) is 31.0 Å². The van der Waals surface area contributed by atoms with E-state index < -0.39 is 23.8 Å². The number of halogens is 2. The number of alkyl halides is 2. The average Bonchev–Trinajstić information content (AvgIpc) is 3.46. The molecule has 0 saturated heterocycles. The van der Waals surface area contributed by atoms with Crippen molar-refractivity contribution in [2.24, 2.45) is 23.7 Å². The van der Waals surface area contributed by atoms with Gasteiger partial charge in [-0.05, 0) is 68.8 Å². The number of nitriles is 1. The van der Waals surface area contributed by atoms with Gasteiger partial charge >= 0.3 is 0 Å². The van der Waals surface area contributed by atoms with Crippen LogP contribution in [0.1, 0.15) is 80.6 Å². The average molecular weight is 516 g/mol. The van der Waals surface area contributed by atoms with E-state index >= 15 is 0 Å². The Morgan fingerprint density at radius 1 is 1.03 bits per heavy atom. The normalized spacial score (nSPS) is 32.2. The van der Waals surface area contributed by atoms with Crippen molar-refractivity contribution in [1.29, 1.82) is 5.26 Å². The summed E-state index contributed by atoms with van der Waals surface area (Å²) in [6.07, 6.45) is 5.89. The van der Waals surface area contributed by atoms with Gasteiger partial charge in [0.05, 0.1) is 30.3 Å². The molecule has 4 aliphatic rings. The summed E-state index contributed by atoms with van der Waals surface area (Å²) < 4.78 is 38.2. The second-order valence-electron chi connectivity index (χ2n) is 11.5. The van der Waals surface area contributed by atoms with Gasteiger partial charge in [-0.2, -0.15) is 5.26 Å². The standard InChI is InChI=1S/C28H35F2N3O4/c1-15-3-7-20(8-4-15)37-22-11-21(23(36-2)10-18(22)14-31)26(34)33-25-17-6-5-16(9-17)24(25)27(35)32-19-12-28(29,30)13-19/h10-11,15-17,19-20,24-25H,3-9,12-13H2,1-2H3,(H,32,35)(H,33,34)/t15-,16-,17+,20-,24+,25-/m1/s1. The maximum absolute atomic E-state index is 13.5. The highest BCUT2D eigenvalue weighted by Gasteiger charge is 2.53. The first-order chi connectivity index (χ1) is 17.7. The second kappa shape index (κ2) is 10.1. The Kier molecular flexibility index (Phi) is 7.03. The van der Waals surface area contributed by atoms with Crippen molar-refractivity contribution in [3.05, 3.63) is 23.3 Å². The predicted molar refractivity (Wildman–Crippen MR) is 131 cm³/mol. The number of hydrogen-bond donors (Lipinski definition) is 2. The lowest BCUT2D eigenvalue weighted by Gasteiger charge is -2.38. The molecule has 1 aromatic rings. The fourth-order valence-corrected chi connectivity index (χ4v) is 6.78. The van der Waals surface area contributed by atoms with Gasteiger partial charge in [-0.3, -0.25) is 9.59 Å². The minimum atomic E-state index is -2.71. The number of rotatable bonds is 7. The van der Waals surface area contributed by atoms with Crippen LogP contribution in [0, 0.1) is 35.0 Å². The third-order valence-electron chi connectivity index (χ3n) is 8.88. The molecular formula is C28H35F2N3O4. The van der Waals surface area contributed by atoms with E-state index in [2.05, 4.69) is 23.6 Å². The van der Waals surface area contributed by atoms with E-state index in [1.165, 1.54) is 13.2 Å². The highest BCUT2D eigenvalue weighted by atomic mass is 19.3. The zero-order valence-corrected chi connectivity index (χ0v) is 21.4. The molecule has 4 saturated carbocycles. The summed E-state index contributed by atoms with van der Waals surface area (Å²) in [6.45, 7) is 2.22. The van der Waals surface area contributed by atoms with E-state index in [-0.39, 0.29) is 54.0 Å². The number of ether oxygens (including phenoxy) is 2. The molecule has 4 atom stereocenters. The number of fused-ring (bicyclic) bond motifs is 2. The van der Waals surface area contributed by atoms with Crippen LogP contribution in [0.25, 0.3) is 0 Å². The quantitative estimate of drug-likeness (QED) is 0.554. The molecule has 9 heteroatoms. The van der Waals surface area contributed by atoms with Crippen molar-refractivity contribution in [3.8, 4) is 17.6 Å². The molecule has 1 aromatic carbocycles. The first-order valence-electron chi connectivity index (χ1n) is 13.4. The summed E-state index contributed by atoms with van der Waals surface area (Å²) >= 11 is 0. The number of benzene rings is 1. The highest BCUT2D eigenvalue weighted by molar-refractivity contribution is 5.98. The van der Waals surface area contributed by atoms with Gasteiger partial charge in [0.15, 0.2) is 0 Å². The maximum Gasteiger partial charge on any atom is 0.255 e. The van der Waals surface area contributed by atoms with Crippen LogP contribution in [0.5, 0.6) is 11.5 Å². The van der Waals surface area contributed by atoms with E-state index in [9.17, 15) is 23.6 Å². The monoisotopic (exact) mass is 515 g/mol. The van der Waals surface area contributed by atoms with Crippen LogP contribution in [0.2, 0.25) is 0 Å². The molecule has 2 N–H and O–H groups in total. The lowest BCUT2D eigenvalue weighted by molar-refractivity contribution is -0.134. The van der Waals surface area contributed by atoms with Gasteiger partial charge in [-0.1, -0.05) is 6.92 Å². The molecule has 5 rings (SSSR count). The zero-order chi connectivity index (χ0) is 26.3. The maximum atomic E-state index is 13.5. The summed E-state index contributed by atoms with van der Waals surface area (Å²) in [7, 11) is 1.44. The Hall–Kier alpha value is -2.89. The molecule has 4 aliphatic carbocycles. The van der Waals surface area contributed by atoms with Crippen molar-refractivity contribution in [2.45, 2.75) is 88.8 Å². The molecule has 4 fully saturated rings. The molecule has 7 nitrogen and oxygen atoms in total. The molecule has 200 valence electrons. The van der Waals surface area contributed by atoms with E-state index in [1.807, 2.05) is 0 Å². The van der Waals surface area contributed by atoms with Crippen LogP contribution >= 0.6 is 0 Å². The number of carbonyl (C=O) groups is 2. The number of hydrogen-bond acceptors (Lipinski definition) is 5. The minimum Gasteiger partial charge on any atom is -0.496 e. The zero-order valence-electron chi connectivity index (χ0n) is 21.4. The molecule has 0 unspecified atom stereocenters. The van der Waals surface area contributed by atoms with Crippen LogP contribution in [-0.2, 0) is 4.79 Å². The fraction of sp³-hybridized carbons (Fsp3) is 0.679. The summed E-state index contributed by atoms with van der Waals surface area (Å²) in [6, 6.07) is 4.35. The van der Waals surface area contributed by atoms with Gasteiger partial charge in [0.1, 0.15) is 17.6 Å². The Morgan fingerprint density at radius 3 is 2.38 bits per heavy atom. The first-order valence-corrected chi connectivity index (χ1v) is 13.4. The Bertz CT molecular complexity index is 1090. The number of amides is 2. The predicted octanol–water partition coefficient (Wildman–Crippen LogP) is 4.58. The second-order valence-corrected chi connectivity index (χ2v) is 11.5. The van der Waals surface area contributed by atoms with Gasteiger partial charge in [-0.15, -0.1) is 0 Å². The third-order valence-corrected chi connectivity index (χ3v) is 8.88. The summed E-state index contributed by atoms with van der Waals surface area (Å²) in [5, 5.41) is 15.5. The van der Waals surface area contributed by atoms with Gasteiger partial charge in [-0.25, -0.2) is 8.78 Å². The lowest BCUT2D eigenvalue weighted by Crippen LogP contribution is -2.56. The van der Waals surface area contributed by atoms with Crippen molar-refractivity contribution < 1.29 is 27.8 Å². The molecule has 0 spiro atoms. The highest BCUT2D eigenvalue weighted by Crippen LogP contribution is 2.49. The SMILES string of the molecule is COc1cc(C#N)c(O[C@H]2CC[C@H](C)CC2)cc1C(=O)N[C@@H]1[C@H]2CC[C@H](C2)[C@@H]1C(=O)NC1CC(F)(F)C1. The van der Waals surface area contributed by atoms with E-state index in [0.717, 1.165) is 44.9 Å². The van der Waals surface area contributed by atoms with Crippen molar-refractivity contribution in [3.63, 3.8) is 0 Å². The van der Waals surface area contributed by atoms with Crippen LogP contribution in [0.3, 0.4) is 0 Å². The van der Waals surface area contributed by atoms with Crippen LogP contribution < -0.4 is 20.1 Å². The number of nitrogens with zero attached hydrogens (tertiary/aromatic N) is 1. The van der Waals surface area contributed by atoms with Crippen molar-refractivity contribution in [2.75, 3.05) is 7.11 Å². The van der Waals surface area contributed by atoms with E-state index in [1.54, 1.807) is 6.07 Å². The molecule has 2 amide bonds. The Balaban J connectivity index is 1.32. The molecule has 0 radical (unpaired) electrons. The molecule has 0 aromatic heterocycles. The Morgan fingerprint density at radius 2 is 1.73 bits per heavy atom. The summed E-state index contributed by atoms with van der Waals surface area (Å²) in [5.74, 6) is -2.22. The molecule has 37 heavy (non-hydrogen) atoms. The van der Waals surface area contributed by atoms with Gasteiger partial charge in [0.2, 0.25) is 5.91 Å². The molecular weight excluding hydrogens is 480 g/mol. The van der Waals surface area contributed by atoms with E-state index in [0.29, 0.717) is 17.2 Å². The molecule has 0 aliphatic heterocycles. The summed E-state index contributed by atoms with van der Waals surface area (Å²) in [5.41, 5.74) is 0.558. The van der Waals surface area contributed by atoms with Gasteiger partial charge < -0.3 is 20.1 Å². The van der Waals surface area contributed by atoms with Crippen LogP contribution in [-0.4, -0.2) is 43.0 Å². The van der Waals surface area contributed by atoms with Crippen molar-refractivity contribution in [1.82, 2.24) is 10.6 Å². The molecule has 0 heterocycles. The largest absolute Gasteiger partial charge is 0.496 e. The van der Waals surface area contributed by atoms with Crippen molar-refractivity contribution >= 4 is 11.8 Å². The smallest absolute Gasteiger partial charge is 0.255 e. The number of methoxy groups -OCH3 is 1. The first kappa shape index (κ1) is 25.7. The number of carbonyl (C=O) groups excluding carboxylic acids is 2. The topological polar surface area (TPSA) is 100 Å². The lowest BCUT2D eigenvalue weighted by atomic mass is 9.82. The molecule has 2 bridgehead atoms. The fourth-order valence-electron chi connectivity index (χ4n) is 6.78.